The van der Waals surface area contributed by atoms with Crippen molar-refractivity contribution in [1.29, 1.82) is 0 Å². The van der Waals surface area contributed by atoms with Gasteiger partial charge in [-0.05, 0) is 19.9 Å². The molecule has 2 rings (SSSR count). The van der Waals surface area contributed by atoms with Gasteiger partial charge < -0.3 is 4.74 Å². The van der Waals surface area contributed by atoms with Gasteiger partial charge >= 0.3 is 0 Å². The Morgan fingerprint density at radius 3 is 2.58 bits per heavy atom. The highest BCUT2D eigenvalue weighted by Crippen LogP contribution is 2.29. The van der Waals surface area contributed by atoms with Gasteiger partial charge in [-0.1, -0.05) is 17.7 Å². The van der Waals surface area contributed by atoms with Crippen LogP contribution in [0.2, 0.25) is 0 Å². The lowest BCUT2D eigenvalue weighted by Crippen LogP contribution is -2.30. The molecule has 0 fully saturated rings. The van der Waals surface area contributed by atoms with E-state index in [1.165, 1.54) is 0 Å². The zero-order valence-corrected chi connectivity index (χ0v) is 11.3. The number of aromatic nitrogens is 2. The molecule has 1 unspecified atom stereocenters. The lowest BCUT2D eigenvalue weighted by Gasteiger charge is -2.19. The largest absolute Gasteiger partial charge is 0.496 e. The fourth-order valence-corrected chi connectivity index (χ4v) is 1.97. The van der Waals surface area contributed by atoms with Crippen molar-refractivity contribution in [3.8, 4) is 5.75 Å². The highest BCUT2D eigenvalue weighted by Gasteiger charge is 2.18. The summed E-state index contributed by atoms with van der Waals surface area (Å²) in [6.45, 7) is 3.92. The number of aryl methyl sites for hydroxylation is 2. The topological polar surface area (TPSA) is 73.1 Å². The fraction of sp³-hybridized carbons (Fsp3) is 0.286. The van der Waals surface area contributed by atoms with Gasteiger partial charge in [0.2, 0.25) is 0 Å². The maximum atomic E-state index is 5.68. The highest BCUT2D eigenvalue weighted by molar-refractivity contribution is 5.42. The molecule has 5 nitrogen and oxygen atoms in total. The molecular weight excluding hydrogens is 240 g/mol. The number of ether oxygens (including phenoxy) is 1. The highest BCUT2D eigenvalue weighted by atomic mass is 16.5. The average Bonchev–Trinajstić information content (AvgIpc) is 2.42. The summed E-state index contributed by atoms with van der Waals surface area (Å²) in [6, 6.07) is 5.71. The molecule has 1 heterocycles. The second-order valence-electron chi connectivity index (χ2n) is 4.43. The predicted molar refractivity (Wildman–Crippen MR) is 73.7 cm³/mol. The van der Waals surface area contributed by atoms with E-state index in [0.29, 0.717) is 0 Å². The molecule has 0 saturated heterocycles. The van der Waals surface area contributed by atoms with Gasteiger partial charge in [0.1, 0.15) is 5.75 Å². The zero-order chi connectivity index (χ0) is 13.8. The summed E-state index contributed by atoms with van der Waals surface area (Å²) in [5.41, 5.74) is 6.49. The van der Waals surface area contributed by atoms with Crippen LogP contribution in [0.3, 0.4) is 0 Å². The molecule has 0 spiro atoms. The van der Waals surface area contributed by atoms with E-state index in [1.807, 2.05) is 32.0 Å². The quantitative estimate of drug-likeness (QED) is 0.644. The van der Waals surface area contributed by atoms with Gasteiger partial charge in [-0.3, -0.25) is 15.8 Å². The van der Waals surface area contributed by atoms with Crippen LogP contribution in [-0.2, 0) is 0 Å². The first kappa shape index (κ1) is 13.5. The van der Waals surface area contributed by atoms with Gasteiger partial charge in [-0.25, -0.2) is 5.43 Å². The summed E-state index contributed by atoms with van der Waals surface area (Å²) in [6.07, 6.45) is 3.45. The van der Waals surface area contributed by atoms with E-state index in [1.54, 1.807) is 19.5 Å². The molecule has 1 aromatic carbocycles. The number of benzene rings is 1. The van der Waals surface area contributed by atoms with Crippen molar-refractivity contribution >= 4 is 0 Å². The molecule has 2 aromatic rings. The monoisotopic (exact) mass is 258 g/mol. The van der Waals surface area contributed by atoms with Crippen LogP contribution in [0, 0.1) is 13.8 Å². The lowest BCUT2D eigenvalue weighted by atomic mass is 10.0. The second kappa shape index (κ2) is 5.77. The first-order chi connectivity index (χ1) is 9.15. The fourth-order valence-electron chi connectivity index (χ4n) is 1.97. The summed E-state index contributed by atoms with van der Waals surface area (Å²) in [4.78, 5) is 8.62. The first-order valence-corrected chi connectivity index (χ1v) is 6.05. The molecule has 0 aliphatic rings. The number of hydrogen-bond acceptors (Lipinski definition) is 5. The number of hydrogen-bond donors (Lipinski definition) is 2. The Bertz CT molecular complexity index is 554. The van der Waals surface area contributed by atoms with Crippen LogP contribution >= 0.6 is 0 Å². The maximum Gasteiger partial charge on any atom is 0.124 e. The van der Waals surface area contributed by atoms with Crippen molar-refractivity contribution in [2.45, 2.75) is 19.9 Å². The molecule has 1 aromatic heterocycles. The Balaban J connectivity index is 2.47. The Kier molecular flexibility index (Phi) is 4.09. The molecule has 0 aliphatic carbocycles. The molecule has 3 N–H and O–H groups in total. The van der Waals surface area contributed by atoms with E-state index in [9.17, 15) is 0 Å². The second-order valence-corrected chi connectivity index (χ2v) is 4.43. The number of rotatable bonds is 4. The smallest absolute Gasteiger partial charge is 0.124 e. The van der Waals surface area contributed by atoms with Crippen molar-refractivity contribution in [2.24, 2.45) is 5.84 Å². The molecule has 1 atom stereocenters. The van der Waals surface area contributed by atoms with Crippen LogP contribution < -0.4 is 16.0 Å². The van der Waals surface area contributed by atoms with Gasteiger partial charge in [0, 0.05) is 11.8 Å². The number of methoxy groups -OCH3 is 1. The molecule has 5 heteroatoms. The van der Waals surface area contributed by atoms with Gasteiger partial charge in [0.05, 0.1) is 30.7 Å². The zero-order valence-electron chi connectivity index (χ0n) is 11.3. The van der Waals surface area contributed by atoms with Crippen molar-refractivity contribution < 1.29 is 4.74 Å². The summed E-state index contributed by atoms with van der Waals surface area (Å²) >= 11 is 0. The van der Waals surface area contributed by atoms with E-state index < -0.39 is 0 Å². The van der Waals surface area contributed by atoms with E-state index in [0.717, 1.165) is 28.3 Å². The third kappa shape index (κ3) is 2.89. The molecular formula is C14H18N4O. The SMILES string of the molecule is COc1ccc(C)cc1C(NN)c1cnc(C)cn1. The number of nitrogens with one attached hydrogen (secondary N) is 1. The van der Waals surface area contributed by atoms with Crippen LogP contribution in [-0.4, -0.2) is 17.1 Å². The van der Waals surface area contributed by atoms with E-state index in [-0.39, 0.29) is 6.04 Å². The summed E-state index contributed by atoms with van der Waals surface area (Å²) < 4.78 is 5.38. The van der Waals surface area contributed by atoms with Crippen LogP contribution in [0.5, 0.6) is 5.75 Å². The lowest BCUT2D eigenvalue weighted by molar-refractivity contribution is 0.403. The van der Waals surface area contributed by atoms with Crippen LogP contribution in [0.1, 0.15) is 28.6 Å². The standard InChI is InChI=1S/C14H18N4O/c1-9-4-5-13(19-3)11(6-9)14(18-15)12-8-16-10(2)7-17-12/h4-8,14,18H,15H2,1-3H3. The Morgan fingerprint density at radius 2 is 2.00 bits per heavy atom. The minimum atomic E-state index is -0.247. The van der Waals surface area contributed by atoms with Crippen LogP contribution in [0.25, 0.3) is 0 Å². The van der Waals surface area contributed by atoms with E-state index in [2.05, 4.69) is 15.4 Å². The molecule has 0 aliphatic heterocycles. The first-order valence-electron chi connectivity index (χ1n) is 6.05. The third-order valence-electron chi connectivity index (χ3n) is 2.96. The molecule has 0 radical (unpaired) electrons. The van der Waals surface area contributed by atoms with Crippen molar-refractivity contribution in [1.82, 2.24) is 15.4 Å². The number of nitrogens with two attached hydrogens (primary N) is 1. The van der Waals surface area contributed by atoms with Gasteiger partial charge in [0.25, 0.3) is 0 Å². The maximum absolute atomic E-state index is 5.68. The van der Waals surface area contributed by atoms with E-state index >= 15 is 0 Å². The van der Waals surface area contributed by atoms with Gasteiger partial charge in [-0.2, -0.15) is 0 Å². The van der Waals surface area contributed by atoms with Crippen LogP contribution in [0.4, 0.5) is 0 Å². The molecule has 100 valence electrons. The Labute approximate surface area is 112 Å². The average molecular weight is 258 g/mol. The minimum Gasteiger partial charge on any atom is -0.496 e. The van der Waals surface area contributed by atoms with Crippen molar-refractivity contribution in [3.05, 3.63) is 53.1 Å². The normalized spacial score (nSPS) is 12.2. The number of nitrogens with zero attached hydrogens (tertiary/aromatic N) is 2. The molecule has 19 heavy (non-hydrogen) atoms. The third-order valence-corrected chi connectivity index (χ3v) is 2.96. The Hall–Kier alpha value is -1.98. The summed E-state index contributed by atoms with van der Waals surface area (Å²) in [7, 11) is 1.64. The molecule has 0 bridgehead atoms. The van der Waals surface area contributed by atoms with E-state index in [4.69, 9.17) is 10.6 Å². The molecule has 0 saturated carbocycles. The summed E-state index contributed by atoms with van der Waals surface area (Å²) in [5.74, 6) is 6.45. The van der Waals surface area contributed by atoms with Gasteiger partial charge in [-0.15, -0.1) is 0 Å². The minimum absolute atomic E-state index is 0.247. The van der Waals surface area contributed by atoms with Crippen LogP contribution in [0.15, 0.2) is 30.6 Å². The Morgan fingerprint density at radius 1 is 1.21 bits per heavy atom. The summed E-state index contributed by atoms with van der Waals surface area (Å²) in [5, 5.41) is 0. The molecule has 0 amide bonds. The predicted octanol–water partition coefficient (Wildman–Crippen LogP) is 1.65. The number of hydrazine groups is 1. The van der Waals surface area contributed by atoms with Gasteiger partial charge in [0.15, 0.2) is 0 Å². The van der Waals surface area contributed by atoms with Crippen molar-refractivity contribution in [3.63, 3.8) is 0 Å². The van der Waals surface area contributed by atoms with Crippen molar-refractivity contribution in [2.75, 3.05) is 7.11 Å².